The normalized spacial score (nSPS) is 16.4. The van der Waals surface area contributed by atoms with Crippen molar-refractivity contribution in [2.75, 3.05) is 11.9 Å². The standard InChI is InChI=1S/C16H14BrFN4O2/c1-3-6-24-15(23)13-9(2)21-16-19-8-20-22(16)14(13)11-7-10(17)4-5-12(11)18/h3-5,7-8,14H,1,6H2,2H3,(H,19,20,21)/t14-/m0/s1. The summed E-state index contributed by atoms with van der Waals surface area (Å²) in [5.41, 5.74) is 1.10. The first-order valence-corrected chi connectivity index (χ1v) is 7.92. The van der Waals surface area contributed by atoms with Crippen LogP contribution >= 0.6 is 15.9 Å². The van der Waals surface area contributed by atoms with Crippen molar-refractivity contribution in [3.05, 3.63) is 64.3 Å². The minimum absolute atomic E-state index is 0.0630. The number of halogens is 2. The van der Waals surface area contributed by atoms with Gasteiger partial charge in [-0.3, -0.25) is 0 Å². The first kappa shape index (κ1) is 16.4. The lowest BCUT2D eigenvalue weighted by Crippen LogP contribution is -2.30. The second kappa shape index (κ2) is 6.56. The fourth-order valence-corrected chi connectivity index (χ4v) is 2.96. The van der Waals surface area contributed by atoms with Gasteiger partial charge >= 0.3 is 5.97 Å². The number of carbonyl (C=O) groups is 1. The van der Waals surface area contributed by atoms with Gasteiger partial charge in [-0.15, -0.1) is 0 Å². The van der Waals surface area contributed by atoms with Crippen LogP contribution in [0.25, 0.3) is 0 Å². The van der Waals surface area contributed by atoms with Gasteiger partial charge in [-0.25, -0.2) is 13.9 Å². The van der Waals surface area contributed by atoms with Crippen LogP contribution in [-0.2, 0) is 9.53 Å². The molecule has 0 spiro atoms. The largest absolute Gasteiger partial charge is 0.458 e. The Kier molecular flexibility index (Phi) is 4.48. The van der Waals surface area contributed by atoms with E-state index in [1.165, 1.54) is 23.2 Å². The number of allylic oxidation sites excluding steroid dienone is 1. The summed E-state index contributed by atoms with van der Waals surface area (Å²) in [6.07, 6.45) is 2.82. The van der Waals surface area contributed by atoms with E-state index < -0.39 is 17.8 Å². The van der Waals surface area contributed by atoms with E-state index in [2.05, 4.69) is 37.9 Å². The smallest absolute Gasteiger partial charge is 0.338 e. The van der Waals surface area contributed by atoms with Crippen molar-refractivity contribution < 1.29 is 13.9 Å². The van der Waals surface area contributed by atoms with Crippen molar-refractivity contribution in [1.82, 2.24) is 14.8 Å². The predicted octanol–water partition coefficient (Wildman–Crippen LogP) is 3.20. The Balaban J connectivity index is 2.16. The zero-order chi connectivity index (χ0) is 17.3. The van der Waals surface area contributed by atoms with E-state index >= 15 is 0 Å². The molecule has 0 unspecified atom stereocenters. The fraction of sp³-hybridized carbons (Fsp3) is 0.188. The molecule has 0 saturated heterocycles. The number of nitrogens with one attached hydrogen (secondary N) is 1. The fourth-order valence-electron chi connectivity index (χ4n) is 2.58. The Morgan fingerprint density at radius 3 is 3.12 bits per heavy atom. The molecule has 0 saturated carbocycles. The summed E-state index contributed by atoms with van der Waals surface area (Å²) in [7, 11) is 0. The molecular weight excluding hydrogens is 379 g/mol. The number of benzene rings is 1. The first-order chi connectivity index (χ1) is 11.5. The topological polar surface area (TPSA) is 69.0 Å². The second-order valence-corrected chi connectivity index (χ2v) is 6.06. The van der Waals surface area contributed by atoms with Crippen molar-refractivity contribution in [2.45, 2.75) is 13.0 Å². The third-order valence-electron chi connectivity index (χ3n) is 3.60. The van der Waals surface area contributed by atoms with Gasteiger partial charge in [0.05, 0.1) is 5.57 Å². The highest BCUT2D eigenvalue weighted by Gasteiger charge is 2.35. The van der Waals surface area contributed by atoms with Crippen LogP contribution in [0.2, 0.25) is 0 Å². The summed E-state index contributed by atoms with van der Waals surface area (Å²) >= 11 is 3.33. The average molecular weight is 393 g/mol. The van der Waals surface area contributed by atoms with Gasteiger partial charge in [0.2, 0.25) is 5.95 Å². The number of carbonyl (C=O) groups excluding carboxylic acids is 1. The summed E-state index contributed by atoms with van der Waals surface area (Å²) in [6.45, 7) is 5.30. The van der Waals surface area contributed by atoms with E-state index in [9.17, 15) is 9.18 Å². The molecule has 124 valence electrons. The molecule has 1 atom stereocenters. The van der Waals surface area contributed by atoms with Gasteiger partial charge in [0, 0.05) is 15.7 Å². The molecule has 3 rings (SSSR count). The van der Waals surface area contributed by atoms with Gasteiger partial charge in [-0.1, -0.05) is 28.6 Å². The van der Waals surface area contributed by atoms with Gasteiger partial charge < -0.3 is 10.1 Å². The maximum absolute atomic E-state index is 14.5. The van der Waals surface area contributed by atoms with E-state index in [0.717, 1.165) is 0 Å². The number of rotatable bonds is 4. The average Bonchev–Trinajstić information content (AvgIpc) is 3.01. The molecule has 0 radical (unpaired) electrons. The lowest BCUT2D eigenvalue weighted by atomic mass is 9.95. The maximum atomic E-state index is 14.5. The van der Waals surface area contributed by atoms with E-state index in [-0.39, 0.29) is 12.2 Å². The number of hydrogen-bond donors (Lipinski definition) is 1. The summed E-state index contributed by atoms with van der Waals surface area (Å²) < 4.78 is 21.8. The van der Waals surface area contributed by atoms with E-state index in [0.29, 0.717) is 21.7 Å². The molecule has 2 heterocycles. The molecule has 1 aromatic heterocycles. The lowest BCUT2D eigenvalue weighted by molar-refractivity contribution is -0.138. The minimum atomic E-state index is -0.779. The predicted molar refractivity (Wildman–Crippen MR) is 89.7 cm³/mol. The van der Waals surface area contributed by atoms with Crippen molar-refractivity contribution in [3.63, 3.8) is 0 Å². The SMILES string of the molecule is C=CCOC(=O)C1=C(C)Nc2ncnn2[C@H]1c1cc(Br)ccc1F. The number of aromatic nitrogens is 3. The molecule has 0 fully saturated rings. The molecule has 0 aliphatic carbocycles. The number of ether oxygens (including phenoxy) is 1. The van der Waals surface area contributed by atoms with Crippen LogP contribution in [0.4, 0.5) is 10.3 Å². The minimum Gasteiger partial charge on any atom is -0.458 e. The van der Waals surface area contributed by atoms with E-state index in [1.54, 1.807) is 19.1 Å². The van der Waals surface area contributed by atoms with Crippen molar-refractivity contribution in [2.24, 2.45) is 0 Å². The number of esters is 1. The Bertz CT molecular complexity index is 846. The summed E-state index contributed by atoms with van der Waals surface area (Å²) in [6, 6.07) is 3.76. The lowest BCUT2D eigenvalue weighted by Gasteiger charge is -2.28. The van der Waals surface area contributed by atoms with Crippen molar-refractivity contribution in [1.29, 1.82) is 0 Å². The Morgan fingerprint density at radius 1 is 1.58 bits per heavy atom. The highest BCUT2D eigenvalue weighted by Crippen LogP contribution is 2.37. The molecule has 1 N–H and O–H groups in total. The van der Waals surface area contributed by atoms with Crippen LogP contribution in [0, 0.1) is 5.82 Å². The zero-order valence-corrected chi connectivity index (χ0v) is 14.4. The molecule has 1 aliphatic heterocycles. The summed E-state index contributed by atoms with van der Waals surface area (Å²) in [5, 5.41) is 7.12. The Morgan fingerprint density at radius 2 is 2.38 bits per heavy atom. The van der Waals surface area contributed by atoms with Crippen LogP contribution < -0.4 is 5.32 Å². The highest BCUT2D eigenvalue weighted by atomic mass is 79.9. The molecule has 8 heteroatoms. The highest BCUT2D eigenvalue weighted by molar-refractivity contribution is 9.10. The number of fused-ring (bicyclic) bond motifs is 1. The van der Waals surface area contributed by atoms with Gasteiger partial charge in [-0.2, -0.15) is 10.1 Å². The number of nitrogens with zero attached hydrogens (tertiary/aromatic N) is 3. The van der Waals surface area contributed by atoms with Gasteiger partial charge in [-0.05, 0) is 25.1 Å². The molecule has 0 amide bonds. The quantitative estimate of drug-likeness (QED) is 0.638. The van der Waals surface area contributed by atoms with Gasteiger partial charge in [0.1, 0.15) is 24.8 Å². The van der Waals surface area contributed by atoms with Crippen LogP contribution in [0.3, 0.4) is 0 Å². The molecule has 0 bridgehead atoms. The monoisotopic (exact) mass is 392 g/mol. The van der Waals surface area contributed by atoms with E-state index in [1.807, 2.05) is 0 Å². The van der Waals surface area contributed by atoms with Crippen LogP contribution in [0.1, 0.15) is 18.5 Å². The van der Waals surface area contributed by atoms with Crippen LogP contribution in [-0.4, -0.2) is 27.3 Å². The summed E-state index contributed by atoms with van der Waals surface area (Å²) in [4.78, 5) is 16.6. The first-order valence-electron chi connectivity index (χ1n) is 7.13. The Labute approximate surface area is 146 Å². The second-order valence-electron chi connectivity index (χ2n) is 5.15. The Hall–Kier alpha value is -2.48. The van der Waals surface area contributed by atoms with Crippen molar-refractivity contribution in [3.8, 4) is 0 Å². The molecule has 24 heavy (non-hydrogen) atoms. The maximum Gasteiger partial charge on any atom is 0.338 e. The molecule has 1 aliphatic rings. The zero-order valence-electron chi connectivity index (χ0n) is 12.8. The third-order valence-corrected chi connectivity index (χ3v) is 4.09. The van der Waals surface area contributed by atoms with Crippen LogP contribution in [0.15, 0.2) is 52.9 Å². The number of hydrogen-bond acceptors (Lipinski definition) is 5. The van der Waals surface area contributed by atoms with Gasteiger partial charge in [0.15, 0.2) is 0 Å². The molecule has 2 aromatic rings. The third kappa shape index (κ3) is 2.84. The van der Waals surface area contributed by atoms with Gasteiger partial charge in [0.25, 0.3) is 0 Å². The van der Waals surface area contributed by atoms with E-state index in [4.69, 9.17) is 4.74 Å². The summed E-state index contributed by atoms with van der Waals surface area (Å²) in [5.74, 6) is -0.587. The number of anilines is 1. The van der Waals surface area contributed by atoms with Crippen LogP contribution in [0.5, 0.6) is 0 Å². The molecule has 1 aromatic carbocycles. The molecule has 6 nitrogen and oxygen atoms in total. The molecular formula is C16H14BrFN4O2. The van der Waals surface area contributed by atoms with Crippen molar-refractivity contribution >= 4 is 27.8 Å².